The van der Waals surface area contributed by atoms with Crippen LogP contribution < -0.4 is 4.74 Å². The van der Waals surface area contributed by atoms with Gasteiger partial charge in [0.25, 0.3) is 0 Å². The summed E-state index contributed by atoms with van der Waals surface area (Å²) >= 11 is 0. The molecule has 1 aliphatic heterocycles. The van der Waals surface area contributed by atoms with Gasteiger partial charge in [-0.1, -0.05) is 29.8 Å². The van der Waals surface area contributed by atoms with Crippen LogP contribution in [0.5, 0.6) is 5.75 Å². The molecule has 0 aromatic heterocycles. The van der Waals surface area contributed by atoms with Gasteiger partial charge >= 0.3 is 0 Å². The van der Waals surface area contributed by atoms with Gasteiger partial charge in [-0.25, -0.2) is 12.8 Å². The third-order valence-corrected chi connectivity index (χ3v) is 6.57. The highest BCUT2D eigenvalue weighted by molar-refractivity contribution is 7.89. The van der Waals surface area contributed by atoms with Crippen molar-refractivity contribution in [2.24, 2.45) is 0 Å². The fourth-order valence-corrected chi connectivity index (χ4v) is 4.43. The van der Waals surface area contributed by atoms with Gasteiger partial charge < -0.3 is 9.64 Å². The number of rotatable bonds is 6. The zero-order valence-corrected chi connectivity index (χ0v) is 16.5. The van der Waals surface area contributed by atoms with Gasteiger partial charge in [0.05, 0.1) is 17.9 Å². The van der Waals surface area contributed by atoms with Crippen molar-refractivity contribution in [3.8, 4) is 5.75 Å². The fraction of sp³-hybridized carbons (Fsp3) is 0.350. The molecule has 28 heavy (non-hydrogen) atoms. The summed E-state index contributed by atoms with van der Waals surface area (Å²) in [6.45, 7) is 3.11. The molecule has 0 aliphatic carbocycles. The van der Waals surface area contributed by atoms with E-state index >= 15 is 0 Å². The van der Waals surface area contributed by atoms with Gasteiger partial charge in [-0.2, -0.15) is 4.31 Å². The first-order valence-corrected chi connectivity index (χ1v) is 10.5. The van der Waals surface area contributed by atoms with E-state index < -0.39 is 15.8 Å². The lowest BCUT2D eigenvalue weighted by Gasteiger charge is -2.34. The first-order chi connectivity index (χ1) is 13.4. The second-order valence-electron chi connectivity index (χ2n) is 6.63. The molecule has 2 aromatic rings. The Morgan fingerprint density at radius 2 is 1.68 bits per heavy atom. The van der Waals surface area contributed by atoms with Crippen molar-refractivity contribution < 1.29 is 22.3 Å². The third-order valence-electron chi connectivity index (χ3n) is 4.66. The summed E-state index contributed by atoms with van der Waals surface area (Å²) in [4.78, 5) is 14.2. The molecular formula is C20H23FN2O4S. The number of sulfonamides is 1. The summed E-state index contributed by atoms with van der Waals surface area (Å²) in [5, 5.41) is 0. The Bertz CT molecular complexity index is 923. The topological polar surface area (TPSA) is 66.9 Å². The van der Waals surface area contributed by atoms with E-state index in [1.165, 1.54) is 16.4 Å². The van der Waals surface area contributed by atoms with Crippen LogP contribution in [0.15, 0.2) is 53.4 Å². The molecule has 2 aromatic carbocycles. The van der Waals surface area contributed by atoms with E-state index in [0.29, 0.717) is 13.1 Å². The van der Waals surface area contributed by atoms with Gasteiger partial charge in [-0.3, -0.25) is 4.79 Å². The zero-order valence-electron chi connectivity index (χ0n) is 15.7. The number of halogens is 1. The van der Waals surface area contributed by atoms with Crippen LogP contribution in [0.1, 0.15) is 12.0 Å². The van der Waals surface area contributed by atoms with E-state index in [0.717, 1.165) is 5.56 Å². The first-order valence-electron chi connectivity index (χ1n) is 9.10. The molecule has 1 heterocycles. The maximum absolute atomic E-state index is 13.5. The molecule has 0 unspecified atom stereocenters. The molecule has 8 heteroatoms. The number of benzene rings is 2. The van der Waals surface area contributed by atoms with Gasteiger partial charge in [-0.15, -0.1) is 0 Å². The molecular weight excluding hydrogens is 383 g/mol. The Hall–Kier alpha value is -2.45. The number of amides is 1. The van der Waals surface area contributed by atoms with Crippen molar-refractivity contribution in [1.82, 2.24) is 9.21 Å². The molecule has 1 aliphatic rings. The molecule has 6 nitrogen and oxygen atoms in total. The summed E-state index contributed by atoms with van der Waals surface area (Å²) in [7, 11) is -3.56. The number of para-hydroxylation sites is 1. The van der Waals surface area contributed by atoms with Crippen molar-refractivity contribution in [1.29, 1.82) is 0 Å². The number of carbonyl (C=O) groups is 1. The summed E-state index contributed by atoms with van der Waals surface area (Å²) in [5.41, 5.74) is 0.993. The number of carbonyl (C=O) groups excluding carboxylic acids is 1. The number of hydrogen-bond donors (Lipinski definition) is 0. The lowest BCUT2D eigenvalue weighted by atomic mass is 10.2. The normalized spacial score (nSPS) is 15.4. The maximum atomic E-state index is 13.5. The second-order valence-corrected chi connectivity index (χ2v) is 8.56. The smallest absolute Gasteiger partial charge is 0.243 e. The van der Waals surface area contributed by atoms with Crippen molar-refractivity contribution in [3.05, 3.63) is 59.9 Å². The number of piperazine rings is 1. The highest BCUT2D eigenvalue weighted by Crippen LogP contribution is 2.19. The molecule has 0 spiro atoms. The van der Waals surface area contributed by atoms with E-state index in [9.17, 15) is 17.6 Å². The third kappa shape index (κ3) is 4.69. The Kier molecular flexibility index (Phi) is 6.31. The predicted octanol–water partition coefficient (Wildman–Crippen LogP) is 2.44. The quantitative estimate of drug-likeness (QED) is 0.739. The van der Waals surface area contributed by atoms with Crippen LogP contribution in [0.2, 0.25) is 0 Å². The summed E-state index contributed by atoms with van der Waals surface area (Å²) in [5.74, 6) is -0.488. The van der Waals surface area contributed by atoms with Gasteiger partial charge in [0.1, 0.15) is 0 Å². The van der Waals surface area contributed by atoms with Gasteiger partial charge in [0.15, 0.2) is 11.6 Å². The average molecular weight is 406 g/mol. The number of nitrogens with zero attached hydrogens (tertiary/aromatic N) is 2. The number of ether oxygens (including phenoxy) is 1. The number of hydrogen-bond acceptors (Lipinski definition) is 4. The summed E-state index contributed by atoms with van der Waals surface area (Å²) in [6.07, 6.45) is 0.110. The van der Waals surface area contributed by atoms with Gasteiger partial charge in [0, 0.05) is 26.2 Å². The Balaban J connectivity index is 1.50. The average Bonchev–Trinajstić information content (AvgIpc) is 2.70. The van der Waals surface area contributed by atoms with Crippen LogP contribution >= 0.6 is 0 Å². The van der Waals surface area contributed by atoms with Crippen molar-refractivity contribution in [2.75, 3.05) is 32.8 Å². The Labute approximate surface area is 164 Å². The summed E-state index contributed by atoms with van der Waals surface area (Å²) < 4.78 is 45.6. The van der Waals surface area contributed by atoms with E-state index in [4.69, 9.17) is 4.74 Å². The lowest BCUT2D eigenvalue weighted by molar-refractivity contribution is -0.132. The van der Waals surface area contributed by atoms with E-state index in [1.54, 1.807) is 41.3 Å². The highest BCUT2D eigenvalue weighted by atomic mass is 32.2. The Morgan fingerprint density at radius 3 is 2.32 bits per heavy atom. The van der Waals surface area contributed by atoms with Crippen molar-refractivity contribution >= 4 is 15.9 Å². The fourth-order valence-electron chi connectivity index (χ4n) is 3.01. The highest BCUT2D eigenvalue weighted by Gasteiger charge is 2.29. The molecule has 150 valence electrons. The molecule has 1 saturated heterocycles. The van der Waals surface area contributed by atoms with E-state index in [2.05, 4.69) is 0 Å². The largest absolute Gasteiger partial charge is 0.490 e. The zero-order chi connectivity index (χ0) is 20.1. The van der Waals surface area contributed by atoms with Crippen LogP contribution in [0, 0.1) is 12.7 Å². The van der Waals surface area contributed by atoms with Crippen LogP contribution in [-0.2, 0) is 14.8 Å². The van der Waals surface area contributed by atoms with Crippen LogP contribution in [0.4, 0.5) is 4.39 Å². The molecule has 0 radical (unpaired) electrons. The number of aryl methyl sites for hydroxylation is 1. The lowest BCUT2D eigenvalue weighted by Crippen LogP contribution is -2.50. The van der Waals surface area contributed by atoms with Crippen molar-refractivity contribution in [2.45, 2.75) is 18.2 Å². The molecule has 0 N–H and O–H groups in total. The predicted molar refractivity (Wildman–Crippen MR) is 103 cm³/mol. The minimum Gasteiger partial charge on any atom is -0.490 e. The maximum Gasteiger partial charge on any atom is 0.243 e. The molecule has 1 amide bonds. The van der Waals surface area contributed by atoms with Crippen LogP contribution in [-0.4, -0.2) is 56.3 Å². The minimum absolute atomic E-state index is 0.0711. The van der Waals surface area contributed by atoms with Crippen LogP contribution in [0.25, 0.3) is 0 Å². The first kappa shape index (κ1) is 20.3. The molecule has 0 saturated carbocycles. The molecule has 3 rings (SSSR count). The summed E-state index contributed by atoms with van der Waals surface area (Å²) in [6, 6.07) is 12.8. The van der Waals surface area contributed by atoms with Crippen LogP contribution in [0.3, 0.4) is 0 Å². The van der Waals surface area contributed by atoms with E-state index in [1.807, 2.05) is 6.92 Å². The SMILES string of the molecule is Cc1ccc(S(=O)(=O)N2CCN(C(=O)CCOc3ccccc3F)CC2)cc1. The van der Waals surface area contributed by atoms with Gasteiger partial charge in [-0.05, 0) is 31.2 Å². The monoisotopic (exact) mass is 406 g/mol. The molecule has 0 atom stereocenters. The second kappa shape index (κ2) is 8.70. The van der Waals surface area contributed by atoms with E-state index in [-0.39, 0.29) is 42.7 Å². The minimum atomic E-state index is -3.56. The molecule has 0 bridgehead atoms. The van der Waals surface area contributed by atoms with Gasteiger partial charge in [0.2, 0.25) is 15.9 Å². The Morgan fingerprint density at radius 1 is 1.04 bits per heavy atom. The van der Waals surface area contributed by atoms with Crippen molar-refractivity contribution in [3.63, 3.8) is 0 Å². The standard InChI is InChI=1S/C20H23FN2O4S/c1-16-6-8-17(9-7-16)28(25,26)23-13-11-22(12-14-23)20(24)10-15-27-19-5-3-2-4-18(19)21/h2-9H,10-15H2,1H3. The molecule has 1 fully saturated rings.